The fraction of sp³-hybridized carbons (Fsp3) is 0.222. The van der Waals surface area contributed by atoms with E-state index in [9.17, 15) is 4.79 Å². The molecule has 1 aromatic carbocycles. The Balaban J connectivity index is 2.56. The zero-order chi connectivity index (χ0) is 8.81. The maximum absolute atomic E-state index is 10.3. The number of hydrogen-bond donors (Lipinski definition) is 2. The van der Waals surface area contributed by atoms with Crippen LogP contribution in [0.3, 0.4) is 0 Å². The minimum Gasteiger partial charge on any atom is -0.289 e. The van der Waals surface area contributed by atoms with Crippen LogP contribution in [0.2, 0.25) is 0 Å². The fourth-order valence-corrected chi connectivity index (χ4v) is 0.984. The first-order chi connectivity index (χ1) is 5.86. The lowest BCUT2D eigenvalue weighted by molar-refractivity contribution is 0.518. The Labute approximate surface area is 71.5 Å². The Kier molecular flexibility index (Phi) is 3.44. The predicted octanol–water partition coefficient (Wildman–Crippen LogP) is 0.171. The fourth-order valence-electron chi connectivity index (χ4n) is 0.984. The molecule has 0 saturated heterocycles. The maximum Gasteiger partial charge on any atom is 0.218 e. The Bertz CT molecular complexity index is 236. The molecule has 63 valence electrons. The van der Waals surface area contributed by atoms with Crippen LogP contribution in [-0.4, -0.2) is 12.3 Å². The molecular weight excluding hydrogens is 152 g/mol. The molecule has 0 bridgehead atoms. The Morgan fingerprint density at radius 1 is 1.42 bits per heavy atom. The van der Waals surface area contributed by atoms with Crippen LogP contribution in [0.25, 0.3) is 0 Å². The van der Waals surface area contributed by atoms with E-state index in [0.29, 0.717) is 6.42 Å². The number of hydrazine groups is 1. The van der Waals surface area contributed by atoms with Gasteiger partial charge in [-0.3, -0.25) is 10.6 Å². The van der Waals surface area contributed by atoms with E-state index in [1.54, 1.807) is 0 Å². The van der Waals surface area contributed by atoms with E-state index in [1.807, 2.05) is 36.6 Å². The second-order valence-electron chi connectivity index (χ2n) is 2.53. The van der Waals surface area contributed by atoms with Gasteiger partial charge in [-0.15, -0.1) is 0 Å². The summed E-state index contributed by atoms with van der Waals surface area (Å²) in [6, 6.07) is 9.26. The van der Waals surface area contributed by atoms with Crippen LogP contribution >= 0.6 is 0 Å². The number of carbonyl (C=O) groups excluding carboxylic acids is 1. The Morgan fingerprint density at radius 3 is 2.58 bits per heavy atom. The van der Waals surface area contributed by atoms with Crippen molar-refractivity contribution in [1.82, 2.24) is 5.43 Å². The Hall–Kier alpha value is -1.19. The molecule has 1 rings (SSSR count). The van der Waals surface area contributed by atoms with Gasteiger partial charge in [-0.05, 0) is 12.0 Å². The smallest absolute Gasteiger partial charge is 0.218 e. The van der Waals surface area contributed by atoms with E-state index in [-0.39, 0.29) is 0 Å². The van der Waals surface area contributed by atoms with Crippen LogP contribution in [0.4, 0.5) is 0 Å². The SMILES string of the molecule is NNC([C]=O)Cc1ccccc1. The van der Waals surface area contributed by atoms with Crippen molar-refractivity contribution in [3.63, 3.8) is 0 Å². The molecule has 0 spiro atoms. The normalized spacial score (nSPS) is 12.4. The van der Waals surface area contributed by atoms with Gasteiger partial charge in [0, 0.05) is 0 Å². The van der Waals surface area contributed by atoms with Gasteiger partial charge < -0.3 is 0 Å². The van der Waals surface area contributed by atoms with Gasteiger partial charge in [0.2, 0.25) is 6.29 Å². The molecule has 3 nitrogen and oxygen atoms in total. The third-order valence-corrected chi connectivity index (χ3v) is 1.63. The van der Waals surface area contributed by atoms with Gasteiger partial charge in [0.15, 0.2) is 0 Å². The molecule has 1 atom stereocenters. The molecule has 1 unspecified atom stereocenters. The van der Waals surface area contributed by atoms with Crippen LogP contribution in [0.15, 0.2) is 30.3 Å². The highest BCUT2D eigenvalue weighted by atomic mass is 16.1. The second-order valence-corrected chi connectivity index (χ2v) is 2.53. The van der Waals surface area contributed by atoms with Crippen LogP contribution < -0.4 is 11.3 Å². The highest BCUT2D eigenvalue weighted by Gasteiger charge is 2.05. The number of benzene rings is 1. The molecule has 3 N–H and O–H groups in total. The van der Waals surface area contributed by atoms with Crippen molar-refractivity contribution in [1.29, 1.82) is 0 Å². The molecule has 0 aliphatic rings. The van der Waals surface area contributed by atoms with Crippen molar-refractivity contribution in [2.75, 3.05) is 0 Å². The number of hydrogen-bond acceptors (Lipinski definition) is 3. The molecule has 12 heavy (non-hydrogen) atoms. The molecule has 3 heteroatoms. The Morgan fingerprint density at radius 2 is 2.08 bits per heavy atom. The zero-order valence-electron chi connectivity index (χ0n) is 6.66. The quantitative estimate of drug-likeness (QED) is 0.491. The molecule has 0 amide bonds. The number of nitrogens with two attached hydrogens (primary N) is 1. The summed E-state index contributed by atoms with van der Waals surface area (Å²) in [5.41, 5.74) is 3.45. The number of nitrogens with one attached hydrogen (secondary N) is 1. The number of rotatable bonds is 4. The van der Waals surface area contributed by atoms with Gasteiger partial charge in [0.05, 0.1) is 6.04 Å². The van der Waals surface area contributed by atoms with Gasteiger partial charge in [-0.1, -0.05) is 30.3 Å². The molecule has 1 aromatic rings. The third kappa shape index (κ3) is 2.45. The monoisotopic (exact) mass is 163 g/mol. The summed E-state index contributed by atoms with van der Waals surface area (Å²) < 4.78 is 0. The second kappa shape index (κ2) is 4.64. The van der Waals surface area contributed by atoms with Crippen molar-refractivity contribution in [3.8, 4) is 0 Å². The molecule has 0 aromatic heterocycles. The van der Waals surface area contributed by atoms with Crippen LogP contribution in [0.5, 0.6) is 0 Å². The highest BCUT2D eigenvalue weighted by molar-refractivity contribution is 5.59. The lowest BCUT2D eigenvalue weighted by Crippen LogP contribution is -2.37. The van der Waals surface area contributed by atoms with Crippen molar-refractivity contribution in [2.24, 2.45) is 5.84 Å². The average molecular weight is 163 g/mol. The van der Waals surface area contributed by atoms with Crippen molar-refractivity contribution >= 4 is 6.29 Å². The molecular formula is C9H11N2O. The minimum absolute atomic E-state index is 0.410. The molecule has 0 fully saturated rings. The maximum atomic E-state index is 10.3. The lowest BCUT2D eigenvalue weighted by Gasteiger charge is -2.06. The van der Waals surface area contributed by atoms with Gasteiger partial charge in [0.25, 0.3) is 0 Å². The predicted molar refractivity (Wildman–Crippen MR) is 47.0 cm³/mol. The van der Waals surface area contributed by atoms with Gasteiger partial charge in [-0.25, -0.2) is 5.43 Å². The van der Waals surface area contributed by atoms with E-state index >= 15 is 0 Å². The molecule has 0 heterocycles. The lowest BCUT2D eigenvalue weighted by atomic mass is 10.1. The van der Waals surface area contributed by atoms with Crippen molar-refractivity contribution in [2.45, 2.75) is 12.5 Å². The first-order valence-electron chi connectivity index (χ1n) is 3.74. The molecule has 0 aliphatic heterocycles. The van der Waals surface area contributed by atoms with E-state index in [1.165, 1.54) is 0 Å². The topological polar surface area (TPSA) is 55.1 Å². The summed E-state index contributed by atoms with van der Waals surface area (Å²) in [5, 5.41) is 0. The summed E-state index contributed by atoms with van der Waals surface area (Å²) in [6.45, 7) is 0. The minimum atomic E-state index is -0.410. The third-order valence-electron chi connectivity index (χ3n) is 1.63. The summed E-state index contributed by atoms with van der Waals surface area (Å²) in [6.07, 6.45) is 2.40. The van der Waals surface area contributed by atoms with Crippen LogP contribution in [-0.2, 0) is 11.2 Å². The largest absolute Gasteiger partial charge is 0.289 e. The molecule has 0 aliphatic carbocycles. The van der Waals surface area contributed by atoms with Gasteiger partial charge in [0.1, 0.15) is 0 Å². The van der Waals surface area contributed by atoms with Crippen molar-refractivity contribution < 1.29 is 4.79 Å². The van der Waals surface area contributed by atoms with Gasteiger partial charge >= 0.3 is 0 Å². The van der Waals surface area contributed by atoms with E-state index in [0.717, 1.165) is 5.56 Å². The summed E-state index contributed by atoms with van der Waals surface area (Å²) in [4.78, 5) is 10.3. The highest BCUT2D eigenvalue weighted by Crippen LogP contribution is 2.00. The molecule has 0 saturated carbocycles. The zero-order valence-corrected chi connectivity index (χ0v) is 6.66. The van der Waals surface area contributed by atoms with E-state index < -0.39 is 6.04 Å². The standard InChI is InChI=1S/C9H11N2O/c10-11-9(7-12)6-8-4-2-1-3-5-8/h1-5,9,11H,6,10H2. The molecule has 1 radical (unpaired) electrons. The summed E-state index contributed by atoms with van der Waals surface area (Å²) >= 11 is 0. The van der Waals surface area contributed by atoms with Crippen LogP contribution in [0.1, 0.15) is 5.56 Å². The van der Waals surface area contributed by atoms with Crippen molar-refractivity contribution in [3.05, 3.63) is 35.9 Å². The van der Waals surface area contributed by atoms with Gasteiger partial charge in [-0.2, -0.15) is 0 Å². The first-order valence-corrected chi connectivity index (χ1v) is 3.74. The van der Waals surface area contributed by atoms with E-state index in [4.69, 9.17) is 5.84 Å². The summed E-state index contributed by atoms with van der Waals surface area (Å²) in [5.74, 6) is 5.12. The summed E-state index contributed by atoms with van der Waals surface area (Å²) in [7, 11) is 0. The van der Waals surface area contributed by atoms with E-state index in [2.05, 4.69) is 5.43 Å². The average Bonchev–Trinajstić information content (AvgIpc) is 2.16. The van der Waals surface area contributed by atoms with Crippen LogP contribution in [0, 0.1) is 0 Å². The first kappa shape index (κ1) is 8.90.